The topological polar surface area (TPSA) is 40.9 Å². The zero-order valence-corrected chi connectivity index (χ0v) is 17.5. The normalized spacial score (nSPS) is 35.0. The summed E-state index contributed by atoms with van der Waals surface area (Å²) in [6, 6.07) is 6.75. The van der Waals surface area contributed by atoms with Gasteiger partial charge in [-0.05, 0) is 42.9 Å². The lowest BCUT2D eigenvalue weighted by Crippen LogP contribution is -2.88. The minimum atomic E-state index is -1.75. The molecule has 127 valence electrons. The molecule has 1 saturated carbocycles. The number of carbonyl (C=O) groups is 1. The van der Waals surface area contributed by atoms with E-state index in [4.69, 9.17) is 5.73 Å². The fourth-order valence-corrected chi connectivity index (χ4v) is 24.9. The van der Waals surface area contributed by atoms with Gasteiger partial charge in [0, 0.05) is 10.1 Å². The summed E-state index contributed by atoms with van der Waals surface area (Å²) in [5, 5.41) is -0.337. The maximum Gasteiger partial charge on any atom is 0.242 e. The Bertz CT molecular complexity index is 795. The smallest absolute Gasteiger partial charge is 0.242 e. The Hall–Kier alpha value is -1.14. The molecule has 2 nitrogen and oxygen atoms in total. The minimum Gasteiger partial charge on any atom is -0.273 e. The van der Waals surface area contributed by atoms with Crippen LogP contribution in [0.2, 0.25) is 31.2 Å². The van der Waals surface area contributed by atoms with Crippen LogP contribution in [-0.4, -0.2) is 21.1 Å². The molecule has 2 fully saturated rings. The first-order valence-electron chi connectivity index (χ1n) is 9.19. The highest BCUT2D eigenvalue weighted by Crippen LogP contribution is 2.78. The molecule has 1 aromatic carbocycles. The minimum absolute atomic E-state index is 0.00101. The van der Waals surface area contributed by atoms with Crippen LogP contribution in [0.3, 0.4) is 0 Å². The summed E-state index contributed by atoms with van der Waals surface area (Å²) in [7, 11) is -3.38. The maximum atomic E-state index is 12.8. The Morgan fingerprint density at radius 1 is 1.12 bits per heavy atom. The monoisotopic (exact) mass is 354 g/mol. The quantitative estimate of drug-likeness (QED) is 0.712. The van der Waals surface area contributed by atoms with Gasteiger partial charge in [0.15, 0.2) is 0 Å². The van der Waals surface area contributed by atoms with E-state index in [0.717, 1.165) is 25.7 Å². The molecule has 0 aromatic heterocycles. The number of benzene rings is 1. The SMILES string of the molecule is CC1=Cc2c(cccc2C23CCCC2(C([NH])=O)[Si](C)(C)[Si]3(C)C)C1. The Labute approximate surface area is 147 Å². The van der Waals surface area contributed by atoms with Crippen LogP contribution in [0.15, 0.2) is 23.8 Å². The Morgan fingerprint density at radius 2 is 1.83 bits per heavy atom. The molecule has 4 rings (SSSR count). The van der Waals surface area contributed by atoms with Gasteiger partial charge in [0.2, 0.25) is 5.91 Å². The zero-order valence-electron chi connectivity index (χ0n) is 15.5. The van der Waals surface area contributed by atoms with Crippen molar-refractivity contribution in [1.29, 1.82) is 0 Å². The second kappa shape index (κ2) is 4.52. The van der Waals surface area contributed by atoms with Crippen LogP contribution in [0.5, 0.6) is 0 Å². The maximum absolute atomic E-state index is 12.8. The molecule has 2 aliphatic carbocycles. The molecule has 1 saturated heterocycles. The van der Waals surface area contributed by atoms with Crippen LogP contribution >= 0.6 is 0 Å². The van der Waals surface area contributed by atoms with Crippen LogP contribution in [0.4, 0.5) is 0 Å². The van der Waals surface area contributed by atoms with Gasteiger partial charge in [0.1, 0.15) is 0 Å². The molecule has 1 heterocycles. The van der Waals surface area contributed by atoms with Crippen molar-refractivity contribution >= 4 is 27.2 Å². The molecule has 1 N–H and O–H groups in total. The van der Waals surface area contributed by atoms with Crippen molar-refractivity contribution in [2.45, 2.75) is 68.9 Å². The first-order chi connectivity index (χ1) is 11.1. The van der Waals surface area contributed by atoms with Crippen molar-refractivity contribution in [2.24, 2.45) is 0 Å². The number of hydrogen-bond acceptors (Lipinski definition) is 1. The number of fused-ring (bicyclic) bond motifs is 2. The fourth-order valence-electron chi connectivity index (χ4n) is 6.94. The first kappa shape index (κ1) is 16.3. The second-order valence-electron chi connectivity index (χ2n) is 9.29. The lowest BCUT2D eigenvalue weighted by molar-refractivity contribution is -0.123. The van der Waals surface area contributed by atoms with Gasteiger partial charge in [-0.25, -0.2) is 0 Å². The van der Waals surface area contributed by atoms with E-state index in [2.05, 4.69) is 57.4 Å². The van der Waals surface area contributed by atoms with Crippen LogP contribution in [0.1, 0.15) is 42.9 Å². The molecule has 0 spiro atoms. The van der Waals surface area contributed by atoms with Crippen molar-refractivity contribution < 1.29 is 4.79 Å². The lowest BCUT2D eigenvalue weighted by atomic mass is 9.82. The zero-order chi connectivity index (χ0) is 17.5. The van der Waals surface area contributed by atoms with Crippen molar-refractivity contribution in [2.75, 3.05) is 0 Å². The van der Waals surface area contributed by atoms with Gasteiger partial charge >= 0.3 is 0 Å². The average molecular weight is 355 g/mol. The fraction of sp³-hybridized carbons (Fsp3) is 0.550. The number of carbonyl (C=O) groups excluding carboxylic acids is 1. The van der Waals surface area contributed by atoms with Crippen molar-refractivity contribution in [3.05, 3.63) is 40.5 Å². The molecule has 1 amide bonds. The van der Waals surface area contributed by atoms with Gasteiger partial charge in [-0.15, -0.1) is 0 Å². The van der Waals surface area contributed by atoms with E-state index in [1.54, 1.807) is 0 Å². The standard InChI is InChI=1S/C20H28NOSi2/c1-14-12-15-8-6-9-17(16(15)13-14)19-10-7-11-20(19,18(21)22)24(4,5)23(19,2)3/h6,8-9,13,21H,7,10-12H2,1-5H3. The van der Waals surface area contributed by atoms with Crippen LogP contribution < -0.4 is 5.73 Å². The molecule has 0 bridgehead atoms. The van der Waals surface area contributed by atoms with Gasteiger partial charge in [-0.2, -0.15) is 0 Å². The van der Waals surface area contributed by atoms with Crippen molar-refractivity contribution in [3.8, 4) is 0 Å². The summed E-state index contributed by atoms with van der Waals surface area (Å²) in [5.41, 5.74) is 14.0. The number of amides is 1. The van der Waals surface area contributed by atoms with E-state index in [1.165, 1.54) is 22.3 Å². The van der Waals surface area contributed by atoms with Gasteiger partial charge in [0.25, 0.3) is 0 Å². The molecule has 3 aliphatic rings. The Morgan fingerprint density at radius 3 is 2.50 bits per heavy atom. The highest BCUT2D eigenvalue weighted by Gasteiger charge is 2.85. The molecule has 1 aliphatic heterocycles. The van der Waals surface area contributed by atoms with Gasteiger partial charge < -0.3 is 0 Å². The third-order valence-corrected chi connectivity index (χ3v) is 29.9. The van der Waals surface area contributed by atoms with E-state index in [9.17, 15) is 4.79 Å². The van der Waals surface area contributed by atoms with Gasteiger partial charge in [-0.3, -0.25) is 10.5 Å². The van der Waals surface area contributed by atoms with E-state index in [0.29, 0.717) is 0 Å². The summed E-state index contributed by atoms with van der Waals surface area (Å²) in [6.07, 6.45) is 6.59. The first-order valence-corrected chi connectivity index (χ1v) is 16.2. The summed E-state index contributed by atoms with van der Waals surface area (Å²) >= 11 is 0. The molecular weight excluding hydrogens is 326 g/mol. The van der Waals surface area contributed by atoms with E-state index >= 15 is 0 Å². The highest BCUT2D eigenvalue weighted by molar-refractivity contribution is 7.48. The van der Waals surface area contributed by atoms with Crippen molar-refractivity contribution in [3.63, 3.8) is 0 Å². The lowest BCUT2D eigenvalue weighted by Gasteiger charge is -2.74. The van der Waals surface area contributed by atoms with Crippen LogP contribution in [-0.2, 0) is 16.3 Å². The third kappa shape index (κ3) is 1.39. The van der Waals surface area contributed by atoms with E-state index < -0.39 is 15.2 Å². The largest absolute Gasteiger partial charge is 0.273 e. The second-order valence-corrected chi connectivity index (χ2v) is 25.0. The number of allylic oxidation sites excluding steroid dienone is 1. The molecule has 4 heteroatoms. The molecule has 24 heavy (non-hydrogen) atoms. The predicted molar refractivity (Wildman–Crippen MR) is 105 cm³/mol. The summed E-state index contributed by atoms with van der Waals surface area (Å²) in [4.78, 5) is 12.8. The third-order valence-electron chi connectivity index (χ3n) is 8.43. The molecule has 1 radical (unpaired) electrons. The van der Waals surface area contributed by atoms with E-state index in [1.807, 2.05) is 0 Å². The van der Waals surface area contributed by atoms with Gasteiger partial charge in [-0.1, -0.05) is 62.5 Å². The highest BCUT2D eigenvalue weighted by atomic mass is 29.3. The summed E-state index contributed by atoms with van der Waals surface area (Å²) in [6.45, 7) is 12.1. The Kier molecular flexibility index (Phi) is 3.08. The predicted octanol–water partition coefficient (Wildman–Crippen LogP) is 4.67. The summed E-state index contributed by atoms with van der Waals surface area (Å²) in [5.74, 6) is -0.250. The number of rotatable bonds is 2. The van der Waals surface area contributed by atoms with E-state index in [-0.39, 0.29) is 16.0 Å². The number of hydrogen-bond donors (Lipinski definition) is 0. The molecule has 1 aromatic rings. The van der Waals surface area contributed by atoms with Crippen LogP contribution in [0.25, 0.3) is 6.08 Å². The van der Waals surface area contributed by atoms with Gasteiger partial charge in [0.05, 0.1) is 15.2 Å². The number of nitrogens with one attached hydrogen (secondary N) is 1. The van der Waals surface area contributed by atoms with Crippen LogP contribution in [0, 0.1) is 0 Å². The molecular formula is C20H28NOSi2. The average Bonchev–Trinajstić information content (AvgIpc) is 3.06. The molecule has 2 unspecified atom stereocenters. The summed E-state index contributed by atoms with van der Waals surface area (Å²) < 4.78 is 0. The molecule has 2 atom stereocenters. The Balaban J connectivity index is 2.04. The van der Waals surface area contributed by atoms with Crippen molar-refractivity contribution in [1.82, 2.24) is 5.73 Å².